The summed E-state index contributed by atoms with van der Waals surface area (Å²) in [6.07, 6.45) is 1.40. The minimum Gasteiger partial charge on any atom is -0.338 e. The number of aromatic amines is 1. The maximum Gasteiger partial charge on any atom is 0.282 e. The van der Waals surface area contributed by atoms with E-state index < -0.39 is 10.8 Å². The van der Waals surface area contributed by atoms with Crippen LogP contribution in [0.5, 0.6) is 0 Å². The van der Waals surface area contributed by atoms with E-state index in [1.165, 1.54) is 18.2 Å². The van der Waals surface area contributed by atoms with Crippen molar-refractivity contribution < 1.29 is 9.72 Å². The van der Waals surface area contributed by atoms with Crippen molar-refractivity contribution in [2.24, 2.45) is 0 Å². The Morgan fingerprint density at radius 1 is 1.15 bits per heavy atom. The summed E-state index contributed by atoms with van der Waals surface area (Å²) in [5.41, 5.74) is 0.972. The molecule has 5 rings (SSSR count). The van der Waals surface area contributed by atoms with Crippen LogP contribution in [0.2, 0.25) is 0 Å². The fourth-order valence-electron chi connectivity index (χ4n) is 4.31. The Labute approximate surface area is 193 Å². The molecule has 3 heterocycles. The van der Waals surface area contributed by atoms with Crippen LogP contribution in [0, 0.1) is 10.1 Å². The Bertz CT molecular complexity index is 1430. The molecule has 0 saturated carbocycles. The van der Waals surface area contributed by atoms with Crippen molar-refractivity contribution in [3.05, 3.63) is 92.0 Å². The second-order valence-corrected chi connectivity index (χ2v) is 8.22. The van der Waals surface area contributed by atoms with Crippen molar-refractivity contribution in [1.29, 1.82) is 0 Å². The van der Waals surface area contributed by atoms with Gasteiger partial charge in [0, 0.05) is 25.1 Å². The minimum atomic E-state index is -0.553. The van der Waals surface area contributed by atoms with Gasteiger partial charge in [-0.15, -0.1) is 5.10 Å². The lowest BCUT2D eigenvalue weighted by molar-refractivity contribution is -0.385. The van der Waals surface area contributed by atoms with Crippen molar-refractivity contribution in [2.75, 3.05) is 13.1 Å². The summed E-state index contributed by atoms with van der Waals surface area (Å²) in [6, 6.07) is 15.6. The van der Waals surface area contributed by atoms with Crippen LogP contribution in [0.1, 0.15) is 40.5 Å². The van der Waals surface area contributed by atoms with E-state index in [2.05, 4.69) is 20.3 Å². The number of para-hydroxylation sites is 1. The summed E-state index contributed by atoms with van der Waals surface area (Å²) in [6.45, 7) is 1.18. The van der Waals surface area contributed by atoms with Gasteiger partial charge in [0.25, 0.3) is 17.2 Å². The molecule has 34 heavy (non-hydrogen) atoms. The van der Waals surface area contributed by atoms with E-state index >= 15 is 0 Å². The Morgan fingerprint density at radius 2 is 1.91 bits per heavy atom. The van der Waals surface area contributed by atoms with Gasteiger partial charge in [0.05, 0.1) is 11.5 Å². The van der Waals surface area contributed by atoms with Crippen LogP contribution in [0.3, 0.4) is 0 Å². The molecule has 11 nitrogen and oxygen atoms in total. The van der Waals surface area contributed by atoms with Gasteiger partial charge < -0.3 is 9.88 Å². The van der Waals surface area contributed by atoms with Crippen molar-refractivity contribution in [3.8, 4) is 0 Å². The van der Waals surface area contributed by atoms with Gasteiger partial charge in [-0.1, -0.05) is 47.7 Å². The molecule has 1 unspecified atom stereocenters. The molecule has 1 amide bonds. The molecular weight excluding hydrogens is 438 g/mol. The first-order valence-electron chi connectivity index (χ1n) is 10.9. The van der Waals surface area contributed by atoms with Crippen molar-refractivity contribution in [2.45, 2.75) is 25.3 Å². The number of nitro groups is 1. The average molecular weight is 459 g/mol. The van der Waals surface area contributed by atoms with Gasteiger partial charge in [-0.3, -0.25) is 19.7 Å². The number of carbonyl (C=O) groups is 1. The molecule has 1 N–H and O–H groups in total. The highest BCUT2D eigenvalue weighted by Crippen LogP contribution is 2.28. The predicted octanol–water partition coefficient (Wildman–Crippen LogP) is 2.49. The fraction of sp³-hybridized carbons (Fsp3) is 0.261. The second kappa shape index (κ2) is 8.85. The minimum absolute atomic E-state index is 0.0511. The number of likely N-dealkylation sites (tertiary alicyclic amines) is 1. The van der Waals surface area contributed by atoms with Gasteiger partial charge in [0.2, 0.25) is 0 Å². The molecule has 2 aromatic carbocycles. The molecule has 0 radical (unpaired) electrons. The summed E-state index contributed by atoms with van der Waals surface area (Å²) in [5, 5.41) is 19.5. The first-order chi connectivity index (χ1) is 16.5. The van der Waals surface area contributed by atoms with E-state index in [-0.39, 0.29) is 28.2 Å². The predicted molar refractivity (Wildman–Crippen MR) is 122 cm³/mol. The number of carbonyl (C=O) groups excluding carboxylic acids is 1. The van der Waals surface area contributed by atoms with E-state index in [0.29, 0.717) is 37.5 Å². The molecule has 1 fully saturated rings. The number of benzene rings is 2. The number of nitro benzene ring substituents is 1. The molecule has 1 aliphatic rings. The summed E-state index contributed by atoms with van der Waals surface area (Å²) in [7, 11) is 0. The maximum atomic E-state index is 13.1. The normalized spacial score (nSPS) is 16.0. The molecule has 11 heteroatoms. The number of hydrogen-bond acceptors (Lipinski definition) is 7. The topological polar surface area (TPSA) is 140 Å². The second-order valence-electron chi connectivity index (χ2n) is 8.22. The molecule has 1 aliphatic heterocycles. The Morgan fingerprint density at radius 3 is 2.71 bits per heavy atom. The molecule has 2 aromatic heterocycles. The number of nitrogens with zero attached hydrogens (tertiary/aromatic N) is 6. The first-order valence-corrected chi connectivity index (χ1v) is 10.9. The van der Waals surface area contributed by atoms with Crippen LogP contribution >= 0.6 is 0 Å². The zero-order valence-corrected chi connectivity index (χ0v) is 18.1. The zero-order valence-electron chi connectivity index (χ0n) is 18.1. The Balaban J connectivity index is 1.43. The SMILES string of the molecule is O=C(c1ccccc1[N+](=O)[O-])N1CCCC(c2nc3c(nnn3Cc3ccccc3)c(=O)[nH]2)C1. The number of fused-ring (bicyclic) bond motifs is 1. The number of piperidine rings is 1. The van der Waals surface area contributed by atoms with E-state index in [9.17, 15) is 19.7 Å². The van der Waals surface area contributed by atoms with Gasteiger partial charge >= 0.3 is 0 Å². The molecule has 1 saturated heterocycles. The van der Waals surface area contributed by atoms with E-state index in [1.807, 2.05) is 30.3 Å². The lowest BCUT2D eigenvalue weighted by Gasteiger charge is -2.32. The van der Waals surface area contributed by atoms with Crippen molar-refractivity contribution >= 4 is 22.8 Å². The summed E-state index contributed by atoms with van der Waals surface area (Å²) in [5.74, 6) is -0.178. The monoisotopic (exact) mass is 459 g/mol. The lowest BCUT2D eigenvalue weighted by atomic mass is 9.96. The summed E-state index contributed by atoms with van der Waals surface area (Å²) < 4.78 is 1.59. The number of aromatic nitrogens is 5. The maximum absolute atomic E-state index is 13.1. The van der Waals surface area contributed by atoms with Crippen LogP contribution in [0.15, 0.2) is 59.4 Å². The van der Waals surface area contributed by atoms with Crippen LogP contribution < -0.4 is 5.56 Å². The summed E-state index contributed by atoms with van der Waals surface area (Å²) in [4.78, 5) is 45.7. The molecule has 0 bridgehead atoms. The van der Waals surface area contributed by atoms with Gasteiger partial charge in [-0.2, -0.15) is 0 Å². The quantitative estimate of drug-likeness (QED) is 0.357. The van der Waals surface area contributed by atoms with Crippen LogP contribution in [0.25, 0.3) is 11.2 Å². The largest absolute Gasteiger partial charge is 0.338 e. The molecule has 172 valence electrons. The number of hydrogen-bond donors (Lipinski definition) is 1. The highest BCUT2D eigenvalue weighted by Gasteiger charge is 2.30. The molecular formula is C23H21N7O4. The highest BCUT2D eigenvalue weighted by molar-refractivity contribution is 5.98. The van der Waals surface area contributed by atoms with E-state index in [0.717, 1.165) is 12.0 Å². The Kier molecular flexibility index (Phi) is 5.58. The highest BCUT2D eigenvalue weighted by atomic mass is 16.6. The molecule has 0 spiro atoms. The molecule has 1 atom stereocenters. The standard InChI is InChI=1S/C23H21N7O4/c31-22-19-21(29(27-26-19)13-15-7-2-1-3-8-15)24-20(25-22)16-9-6-12-28(14-16)23(32)17-10-4-5-11-18(17)30(33)34/h1-5,7-8,10-11,16H,6,9,12-14H2,(H,24,25,31). The van der Waals surface area contributed by atoms with Gasteiger partial charge in [-0.05, 0) is 24.5 Å². The average Bonchev–Trinajstić information content (AvgIpc) is 3.27. The lowest BCUT2D eigenvalue weighted by Crippen LogP contribution is -2.40. The van der Waals surface area contributed by atoms with Crippen LogP contribution in [-0.2, 0) is 6.54 Å². The fourth-order valence-corrected chi connectivity index (χ4v) is 4.31. The number of nitrogens with one attached hydrogen (secondary N) is 1. The van der Waals surface area contributed by atoms with Crippen molar-refractivity contribution in [1.82, 2.24) is 29.9 Å². The zero-order chi connectivity index (χ0) is 23.7. The van der Waals surface area contributed by atoms with Gasteiger partial charge in [0.15, 0.2) is 11.2 Å². The summed E-state index contributed by atoms with van der Waals surface area (Å²) >= 11 is 0. The smallest absolute Gasteiger partial charge is 0.282 e. The number of H-pyrrole nitrogens is 1. The van der Waals surface area contributed by atoms with Crippen LogP contribution in [-0.4, -0.2) is 53.8 Å². The third-order valence-corrected chi connectivity index (χ3v) is 5.99. The number of amides is 1. The van der Waals surface area contributed by atoms with E-state index in [4.69, 9.17) is 0 Å². The Hall–Kier alpha value is -4.41. The van der Waals surface area contributed by atoms with Gasteiger partial charge in [0.1, 0.15) is 11.4 Å². The molecule has 0 aliphatic carbocycles. The first kappa shape index (κ1) is 21.4. The third kappa shape index (κ3) is 4.03. The van der Waals surface area contributed by atoms with Gasteiger partial charge in [-0.25, -0.2) is 9.67 Å². The third-order valence-electron chi connectivity index (χ3n) is 5.99. The van der Waals surface area contributed by atoms with Crippen molar-refractivity contribution in [3.63, 3.8) is 0 Å². The molecule has 4 aromatic rings. The number of rotatable bonds is 5. The van der Waals surface area contributed by atoms with E-state index in [1.54, 1.807) is 15.6 Å². The van der Waals surface area contributed by atoms with Crippen LogP contribution in [0.4, 0.5) is 5.69 Å².